The molecule has 1 N–H and O–H groups in total. The number of aromatic nitrogens is 2. The summed E-state index contributed by atoms with van der Waals surface area (Å²) in [7, 11) is 1.93. The van der Waals surface area contributed by atoms with Crippen molar-refractivity contribution in [3.8, 4) is 0 Å². The number of rotatable bonds is 3. The van der Waals surface area contributed by atoms with Gasteiger partial charge in [0.05, 0.1) is 11.9 Å². The zero-order valence-electron chi connectivity index (χ0n) is 9.38. The molecule has 0 spiro atoms. The molecule has 1 heterocycles. The standard InChI is InChI=1S/C12H14N4/c1-10-3-5-11(6-4-10)15-14-9-12-13-7-8-16(12)2/h3-9,15H,1-2H3/b14-9+. The normalized spacial score (nSPS) is 10.9. The van der Waals surface area contributed by atoms with Gasteiger partial charge in [-0.15, -0.1) is 0 Å². The van der Waals surface area contributed by atoms with Crippen LogP contribution in [-0.2, 0) is 7.05 Å². The molecule has 0 atom stereocenters. The van der Waals surface area contributed by atoms with Gasteiger partial charge in [0, 0.05) is 19.4 Å². The van der Waals surface area contributed by atoms with Gasteiger partial charge in [-0.05, 0) is 19.1 Å². The lowest BCUT2D eigenvalue weighted by Crippen LogP contribution is -1.97. The zero-order chi connectivity index (χ0) is 11.4. The molecule has 4 heteroatoms. The van der Waals surface area contributed by atoms with Crippen LogP contribution in [0.25, 0.3) is 0 Å². The molecule has 16 heavy (non-hydrogen) atoms. The van der Waals surface area contributed by atoms with Gasteiger partial charge in [0.15, 0.2) is 5.82 Å². The predicted molar refractivity (Wildman–Crippen MR) is 65.6 cm³/mol. The van der Waals surface area contributed by atoms with E-state index in [0.717, 1.165) is 11.5 Å². The second-order valence-corrected chi connectivity index (χ2v) is 3.63. The molecule has 0 bridgehead atoms. The Bertz CT molecular complexity index is 482. The summed E-state index contributed by atoms with van der Waals surface area (Å²) in [5, 5.41) is 4.12. The Balaban J connectivity index is 2.00. The van der Waals surface area contributed by atoms with E-state index in [1.807, 2.05) is 42.1 Å². The van der Waals surface area contributed by atoms with Crippen LogP contribution in [-0.4, -0.2) is 15.8 Å². The molecule has 0 unspecified atom stereocenters. The summed E-state index contributed by atoms with van der Waals surface area (Å²) in [6, 6.07) is 8.06. The van der Waals surface area contributed by atoms with Gasteiger partial charge < -0.3 is 4.57 Å². The van der Waals surface area contributed by atoms with Gasteiger partial charge in [-0.3, -0.25) is 5.43 Å². The summed E-state index contributed by atoms with van der Waals surface area (Å²) in [5.41, 5.74) is 5.16. The van der Waals surface area contributed by atoms with Gasteiger partial charge in [0.2, 0.25) is 0 Å². The number of hydrogen-bond acceptors (Lipinski definition) is 3. The molecule has 0 radical (unpaired) electrons. The SMILES string of the molecule is Cc1ccc(N/N=C/c2nccn2C)cc1. The molecule has 0 amide bonds. The quantitative estimate of drug-likeness (QED) is 0.628. The molecule has 0 saturated heterocycles. The van der Waals surface area contributed by atoms with Crippen molar-refractivity contribution in [1.29, 1.82) is 0 Å². The maximum atomic E-state index is 4.13. The molecule has 1 aromatic heterocycles. The van der Waals surface area contributed by atoms with E-state index in [1.165, 1.54) is 5.56 Å². The van der Waals surface area contributed by atoms with Crippen LogP contribution in [0.1, 0.15) is 11.4 Å². The lowest BCUT2D eigenvalue weighted by Gasteiger charge is -2.00. The lowest BCUT2D eigenvalue weighted by atomic mass is 10.2. The zero-order valence-corrected chi connectivity index (χ0v) is 9.38. The Morgan fingerprint density at radius 2 is 2.06 bits per heavy atom. The van der Waals surface area contributed by atoms with Gasteiger partial charge in [0.1, 0.15) is 0 Å². The first-order valence-electron chi connectivity index (χ1n) is 5.09. The highest BCUT2D eigenvalue weighted by atomic mass is 15.3. The van der Waals surface area contributed by atoms with Gasteiger partial charge in [-0.25, -0.2) is 4.98 Å². The van der Waals surface area contributed by atoms with Crippen LogP contribution in [0.2, 0.25) is 0 Å². The van der Waals surface area contributed by atoms with Crippen molar-refractivity contribution in [2.45, 2.75) is 6.92 Å². The molecule has 0 saturated carbocycles. The Morgan fingerprint density at radius 3 is 2.69 bits per heavy atom. The minimum atomic E-state index is 0.819. The molecule has 4 nitrogen and oxygen atoms in total. The van der Waals surface area contributed by atoms with Crippen molar-refractivity contribution < 1.29 is 0 Å². The second kappa shape index (κ2) is 4.61. The summed E-state index contributed by atoms with van der Waals surface area (Å²) in [4.78, 5) is 4.13. The van der Waals surface area contributed by atoms with Crippen LogP contribution >= 0.6 is 0 Å². The van der Waals surface area contributed by atoms with Crippen molar-refractivity contribution in [2.75, 3.05) is 5.43 Å². The minimum absolute atomic E-state index is 0.819. The van der Waals surface area contributed by atoms with Crippen LogP contribution in [0.5, 0.6) is 0 Å². The monoisotopic (exact) mass is 214 g/mol. The fraction of sp³-hybridized carbons (Fsp3) is 0.167. The number of hydrogen-bond donors (Lipinski definition) is 1. The average Bonchev–Trinajstić information content (AvgIpc) is 2.68. The number of nitrogens with zero attached hydrogens (tertiary/aromatic N) is 3. The largest absolute Gasteiger partial charge is 0.333 e. The first kappa shape index (κ1) is 10.4. The van der Waals surface area contributed by atoms with Gasteiger partial charge in [-0.2, -0.15) is 5.10 Å². The maximum Gasteiger partial charge on any atom is 0.152 e. The van der Waals surface area contributed by atoms with Crippen molar-refractivity contribution in [3.05, 3.63) is 48.0 Å². The van der Waals surface area contributed by atoms with Crippen LogP contribution < -0.4 is 5.43 Å². The van der Waals surface area contributed by atoms with Crippen LogP contribution in [0.3, 0.4) is 0 Å². The number of nitrogens with one attached hydrogen (secondary N) is 1. The molecule has 0 aliphatic heterocycles. The molecular formula is C12H14N4. The second-order valence-electron chi connectivity index (χ2n) is 3.63. The lowest BCUT2D eigenvalue weighted by molar-refractivity contribution is 0.901. The van der Waals surface area contributed by atoms with E-state index in [4.69, 9.17) is 0 Å². The van der Waals surface area contributed by atoms with E-state index in [1.54, 1.807) is 12.4 Å². The number of aryl methyl sites for hydroxylation is 2. The molecule has 2 aromatic rings. The number of hydrazone groups is 1. The van der Waals surface area contributed by atoms with Gasteiger partial charge >= 0.3 is 0 Å². The van der Waals surface area contributed by atoms with Crippen LogP contribution in [0.4, 0.5) is 5.69 Å². The highest BCUT2D eigenvalue weighted by molar-refractivity contribution is 5.75. The van der Waals surface area contributed by atoms with E-state index in [-0.39, 0.29) is 0 Å². The Kier molecular flexibility index (Phi) is 3.00. The molecule has 82 valence electrons. The highest BCUT2D eigenvalue weighted by Gasteiger charge is 1.93. The Hall–Kier alpha value is -2.10. The topological polar surface area (TPSA) is 42.2 Å². The first-order chi connectivity index (χ1) is 7.75. The Morgan fingerprint density at radius 1 is 1.31 bits per heavy atom. The molecule has 0 fully saturated rings. The first-order valence-corrected chi connectivity index (χ1v) is 5.09. The summed E-state index contributed by atoms with van der Waals surface area (Å²) in [6.07, 6.45) is 5.32. The molecular weight excluding hydrogens is 200 g/mol. The van der Waals surface area contributed by atoms with Crippen molar-refractivity contribution in [1.82, 2.24) is 9.55 Å². The van der Waals surface area contributed by atoms with Crippen molar-refractivity contribution in [3.63, 3.8) is 0 Å². The van der Waals surface area contributed by atoms with E-state index < -0.39 is 0 Å². The van der Waals surface area contributed by atoms with E-state index in [2.05, 4.69) is 22.4 Å². The molecule has 2 rings (SSSR count). The summed E-state index contributed by atoms with van der Waals surface area (Å²) in [5.74, 6) is 0.819. The van der Waals surface area contributed by atoms with Crippen molar-refractivity contribution in [2.24, 2.45) is 12.1 Å². The molecule has 1 aromatic carbocycles. The number of anilines is 1. The third kappa shape index (κ3) is 2.48. The minimum Gasteiger partial charge on any atom is -0.333 e. The Labute approximate surface area is 94.6 Å². The maximum absolute atomic E-state index is 4.13. The fourth-order valence-electron chi connectivity index (χ4n) is 1.29. The van der Waals surface area contributed by atoms with E-state index >= 15 is 0 Å². The van der Waals surface area contributed by atoms with Crippen molar-refractivity contribution >= 4 is 11.9 Å². The third-order valence-corrected chi connectivity index (χ3v) is 2.28. The fourth-order valence-corrected chi connectivity index (χ4v) is 1.29. The van der Waals surface area contributed by atoms with Crippen LogP contribution in [0.15, 0.2) is 41.8 Å². The summed E-state index contributed by atoms with van der Waals surface area (Å²) in [6.45, 7) is 2.06. The molecule has 0 aliphatic rings. The smallest absolute Gasteiger partial charge is 0.152 e. The van der Waals surface area contributed by atoms with E-state index in [0.29, 0.717) is 0 Å². The highest BCUT2D eigenvalue weighted by Crippen LogP contribution is 2.07. The van der Waals surface area contributed by atoms with Crippen LogP contribution in [0, 0.1) is 6.92 Å². The van der Waals surface area contributed by atoms with E-state index in [9.17, 15) is 0 Å². The summed E-state index contributed by atoms with van der Waals surface area (Å²) >= 11 is 0. The predicted octanol–water partition coefficient (Wildman–Crippen LogP) is 2.17. The average molecular weight is 214 g/mol. The van der Waals surface area contributed by atoms with Gasteiger partial charge in [0.25, 0.3) is 0 Å². The van der Waals surface area contributed by atoms with Gasteiger partial charge in [-0.1, -0.05) is 17.7 Å². The number of imidazole rings is 1. The third-order valence-electron chi connectivity index (χ3n) is 2.28. The number of benzene rings is 1. The summed E-state index contributed by atoms with van der Waals surface area (Å²) < 4.78 is 1.90. The molecule has 0 aliphatic carbocycles.